The summed E-state index contributed by atoms with van der Waals surface area (Å²) < 4.78 is 5.91. The Kier molecular flexibility index (Phi) is 3.43. The van der Waals surface area contributed by atoms with E-state index in [1.54, 1.807) is 0 Å². The van der Waals surface area contributed by atoms with Gasteiger partial charge in [-0.25, -0.2) is 0 Å². The topological polar surface area (TPSA) is 29.5 Å². The average Bonchev–Trinajstić information content (AvgIpc) is 2.01. The first-order valence-corrected chi connectivity index (χ1v) is 5.31. The Bertz CT molecular complexity index is 240. The van der Waals surface area contributed by atoms with Gasteiger partial charge in [-0.1, -0.05) is 26.3 Å². The van der Waals surface area contributed by atoms with Crippen molar-refractivity contribution < 1.29 is 9.84 Å². The molecular formula is C11H21BO2. The first-order chi connectivity index (χ1) is 6.36. The quantitative estimate of drug-likeness (QED) is 0.502. The normalized spacial score (nSPS) is 29.5. The van der Waals surface area contributed by atoms with Crippen LogP contribution in [0.25, 0.3) is 0 Å². The van der Waals surface area contributed by atoms with E-state index in [1.165, 1.54) is 5.57 Å². The summed E-state index contributed by atoms with van der Waals surface area (Å²) in [5.74, 6) is 0. The zero-order valence-corrected chi connectivity index (χ0v) is 9.92. The third kappa shape index (κ3) is 2.40. The van der Waals surface area contributed by atoms with Crippen molar-refractivity contribution in [2.75, 3.05) is 6.61 Å². The molecule has 2 nitrogen and oxygen atoms in total. The molecule has 0 amide bonds. The van der Waals surface area contributed by atoms with Gasteiger partial charge in [0.1, 0.15) is 7.85 Å². The molecular weight excluding hydrogens is 175 g/mol. The van der Waals surface area contributed by atoms with Crippen LogP contribution >= 0.6 is 0 Å². The standard InChI is InChI=1S/C11H21BO2/c1-7-5-9(12)14-10(8(7)6-13)11(2,3)4/h9-10,13H,5-6,12H2,1-4H3/t9-,10?/m1/s1. The monoisotopic (exact) mass is 196 g/mol. The number of hydrogen-bond acceptors (Lipinski definition) is 2. The number of ether oxygens (including phenoxy) is 1. The van der Waals surface area contributed by atoms with Crippen molar-refractivity contribution in [2.24, 2.45) is 5.41 Å². The summed E-state index contributed by atoms with van der Waals surface area (Å²) in [4.78, 5) is 0. The lowest BCUT2D eigenvalue weighted by Crippen LogP contribution is -2.40. The van der Waals surface area contributed by atoms with Gasteiger partial charge >= 0.3 is 0 Å². The summed E-state index contributed by atoms with van der Waals surface area (Å²) in [6.07, 6.45) is 1.01. The molecule has 1 N–H and O–H groups in total. The lowest BCUT2D eigenvalue weighted by molar-refractivity contribution is -0.0268. The molecule has 0 aromatic rings. The summed E-state index contributed by atoms with van der Waals surface area (Å²) in [5, 5.41) is 9.34. The zero-order chi connectivity index (χ0) is 10.9. The van der Waals surface area contributed by atoms with Gasteiger partial charge in [0.2, 0.25) is 0 Å². The maximum atomic E-state index is 9.34. The predicted octanol–water partition coefficient (Wildman–Crippen LogP) is 1.09. The molecule has 0 aromatic heterocycles. The molecule has 0 fully saturated rings. The summed E-state index contributed by atoms with van der Waals surface area (Å²) in [7, 11) is 2.09. The van der Waals surface area contributed by atoms with E-state index in [1.807, 2.05) is 0 Å². The Balaban J connectivity index is 2.98. The lowest BCUT2D eigenvalue weighted by atomic mass is 9.78. The molecule has 1 aliphatic heterocycles. The SMILES string of the molecule is B[C@H]1CC(C)=C(CO)C(C(C)(C)C)O1. The average molecular weight is 196 g/mol. The van der Waals surface area contributed by atoms with Crippen LogP contribution in [0.1, 0.15) is 34.1 Å². The minimum Gasteiger partial charge on any atom is -0.392 e. The third-order valence-corrected chi connectivity index (χ3v) is 2.78. The van der Waals surface area contributed by atoms with Crippen molar-refractivity contribution in [2.45, 2.75) is 46.2 Å². The number of rotatable bonds is 1. The van der Waals surface area contributed by atoms with E-state index < -0.39 is 0 Å². The molecule has 3 heteroatoms. The third-order valence-electron chi connectivity index (χ3n) is 2.78. The van der Waals surface area contributed by atoms with E-state index >= 15 is 0 Å². The number of aliphatic hydroxyl groups is 1. The highest BCUT2D eigenvalue weighted by atomic mass is 16.5. The largest absolute Gasteiger partial charge is 0.392 e. The molecule has 0 spiro atoms. The van der Waals surface area contributed by atoms with Crippen molar-refractivity contribution in [3.8, 4) is 0 Å². The maximum absolute atomic E-state index is 9.34. The van der Waals surface area contributed by atoms with E-state index in [0.29, 0.717) is 0 Å². The molecule has 0 bridgehead atoms. The molecule has 14 heavy (non-hydrogen) atoms. The van der Waals surface area contributed by atoms with Crippen molar-refractivity contribution in [1.29, 1.82) is 0 Å². The Hall–Kier alpha value is -0.275. The first-order valence-electron chi connectivity index (χ1n) is 5.31. The fourth-order valence-corrected chi connectivity index (χ4v) is 2.09. The van der Waals surface area contributed by atoms with E-state index in [0.717, 1.165) is 12.0 Å². The van der Waals surface area contributed by atoms with Crippen LogP contribution < -0.4 is 0 Å². The van der Waals surface area contributed by atoms with Gasteiger partial charge in [-0.05, 0) is 24.3 Å². The molecule has 80 valence electrons. The van der Waals surface area contributed by atoms with Gasteiger partial charge in [-0.2, -0.15) is 0 Å². The number of aliphatic hydroxyl groups excluding tert-OH is 1. The molecule has 0 radical (unpaired) electrons. The molecule has 0 saturated carbocycles. The van der Waals surface area contributed by atoms with Crippen LogP contribution in [-0.2, 0) is 4.74 Å². The van der Waals surface area contributed by atoms with E-state index in [2.05, 4.69) is 35.5 Å². The summed E-state index contributed by atoms with van der Waals surface area (Å²) in [5.41, 5.74) is 2.44. The second-order valence-corrected chi connectivity index (χ2v) is 5.36. The smallest absolute Gasteiger partial charge is 0.139 e. The second kappa shape index (κ2) is 4.07. The fourth-order valence-electron chi connectivity index (χ4n) is 2.09. The zero-order valence-electron chi connectivity index (χ0n) is 9.92. The lowest BCUT2D eigenvalue weighted by Gasteiger charge is -2.39. The Morgan fingerprint density at radius 2 is 2.07 bits per heavy atom. The minimum atomic E-state index is 0.0635. The molecule has 1 unspecified atom stereocenters. The maximum Gasteiger partial charge on any atom is 0.139 e. The van der Waals surface area contributed by atoms with Gasteiger partial charge in [0.25, 0.3) is 0 Å². The molecule has 0 aliphatic carbocycles. The molecule has 0 saturated heterocycles. The fraction of sp³-hybridized carbons (Fsp3) is 0.818. The van der Waals surface area contributed by atoms with Gasteiger partial charge in [-0.15, -0.1) is 0 Å². The highest BCUT2D eigenvalue weighted by Gasteiger charge is 2.34. The van der Waals surface area contributed by atoms with Crippen molar-refractivity contribution in [1.82, 2.24) is 0 Å². The molecule has 2 atom stereocenters. The molecule has 1 heterocycles. The van der Waals surface area contributed by atoms with Crippen LogP contribution in [0.3, 0.4) is 0 Å². The summed E-state index contributed by atoms with van der Waals surface area (Å²) >= 11 is 0. The van der Waals surface area contributed by atoms with Gasteiger partial charge in [-0.3, -0.25) is 0 Å². The second-order valence-electron chi connectivity index (χ2n) is 5.36. The van der Waals surface area contributed by atoms with Crippen LogP contribution in [0.15, 0.2) is 11.1 Å². The summed E-state index contributed by atoms with van der Waals surface area (Å²) in [6, 6.07) is 0.273. The van der Waals surface area contributed by atoms with Crippen molar-refractivity contribution in [3.05, 3.63) is 11.1 Å². The van der Waals surface area contributed by atoms with Gasteiger partial charge in [0, 0.05) is 6.00 Å². The first kappa shape index (κ1) is 11.8. The predicted molar refractivity (Wildman–Crippen MR) is 61.1 cm³/mol. The van der Waals surface area contributed by atoms with Crippen molar-refractivity contribution >= 4 is 7.85 Å². The van der Waals surface area contributed by atoms with E-state index in [-0.39, 0.29) is 24.1 Å². The van der Waals surface area contributed by atoms with Gasteiger partial charge < -0.3 is 9.84 Å². The Labute approximate surface area is 87.8 Å². The van der Waals surface area contributed by atoms with E-state index in [4.69, 9.17) is 4.74 Å². The Morgan fingerprint density at radius 1 is 1.50 bits per heavy atom. The van der Waals surface area contributed by atoms with Gasteiger partial charge in [0.15, 0.2) is 0 Å². The number of hydrogen-bond donors (Lipinski definition) is 1. The molecule has 1 rings (SSSR count). The van der Waals surface area contributed by atoms with Crippen LogP contribution in [0.2, 0.25) is 0 Å². The Morgan fingerprint density at radius 3 is 2.50 bits per heavy atom. The molecule has 0 aromatic carbocycles. The van der Waals surface area contributed by atoms with Crippen LogP contribution in [0.5, 0.6) is 0 Å². The van der Waals surface area contributed by atoms with Crippen LogP contribution in [0, 0.1) is 5.41 Å². The minimum absolute atomic E-state index is 0.0635. The summed E-state index contributed by atoms with van der Waals surface area (Å²) in [6.45, 7) is 8.68. The van der Waals surface area contributed by atoms with Crippen LogP contribution in [-0.4, -0.2) is 31.7 Å². The highest BCUT2D eigenvalue weighted by Crippen LogP contribution is 2.34. The van der Waals surface area contributed by atoms with Crippen molar-refractivity contribution in [3.63, 3.8) is 0 Å². The van der Waals surface area contributed by atoms with Crippen LogP contribution in [0.4, 0.5) is 0 Å². The highest BCUT2D eigenvalue weighted by molar-refractivity contribution is 6.11. The van der Waals surface area contributed by atoms with Gasteiger partial charge in [0.05, 0.1) is 12.7 Å². The van der Waals surface area contributed by atoms with E-state index in [9.17, 15) is 5.11 Å². The molecule has 1 aliphatic rings.